The molecule has 10 heavy (non-hydrogen) atoms. The average Bonchev–Trinajstić information content (AvgIpc) is 1.95. The molecule has 0 aliphatic rings. The van der Waals surface area contributed by atoms with Gasteiger partial charge in [-0.2, -0.15) is 0 Å². The van der Waals surface area contributed by atoms with Gasteiger partial charge in [0.2, 0.25) is 0 Å². The lowest BCUT2D eigenvalue weighted by Crippen LogP contribution is -1.87. The molecule has 1 rings (SSSR count). The van der Waals surface area contributed by atoms with E-state index >= 15 is 0 Å². The molecule has 0 fully saturated rings. The first-order valence-corrected chi connectivity index (χ1v) is 4.75. The number of hydrogen-bond donors (Lipinski definition) is 1. The van der Waals surface area contributed by atoms with Crippen molar-refractivity contribution in [3.63, 3.8) is 0 Å². The molecule has 0 spiro atoms. The quantitative estimate of drug-likeness (QED) is 0.613. The second-order valence-electron chi connectivity index (χ2n) is 1.99. The second kappa shape index (κ2) is 3.39. The van der Waals surface area contributed by atoms with Crippen LogP contribution in [-0.4, -0.2) is 0 Å². The van der Waals surface area contributed by atoms with Gasteiger partial charge in [-0.05, 0) is 33.6 Å². The summed E-state index contributed by atoms with van der Waals surface area (Å²) in [7, 11) is 0. The summed E-state index contributed by atoms with van der Waals surface area (Å²) in [6, 6.07) is 5.92. The molecule has 0 unspecified atom stereocenters. The van der Waals surface area contributed by atoms with E-state index < -0.39 is 0 Å². The lowest BCUT2D eigenvalue weighted by molar-refractivity contribution is 1.43. The van der Waals surface area contributed by atoms with E-state index in [4.69, 9.17) is 5.73 Å². The summed E-state index contributed by atoms with van der Waals surface area (Å²) in [4.78, 5) is 0. The van der Waals surface area contributed by atoms with Crippen LogP contribution >= 0.6 is 31.9 Å². The third-order valence-electron chi connectivity index (χ3n) is 1.21. The third-order valence-corrected chi connectivity index (χ3v) is 2.58. The maximum atomic E-state index is 5.63. The van der Waals surface area contributed by atoms with Crippen molar-refractivity contribution in [1.82, 2.24) is 0 Å². The van der Waals surface area contributed by atoms with Crippen molar-refractivity contribution in [2.45, 2.75) is 5.33 Å². The van der Waals surface area contributed by atoms with Gasteiger partial charge in [0.15, 0.2) is 0 Å². The standard InChI is InChI=1S/C7H7Br2N/c8-4-5-1-2-6(9)7(10)3-5/h1-3H,4,10H2. The molecular weight excluding hydrogens is 258 g/mol. The first-order chi connectivity index (χ1) is 4.74. The fraction of sp³-hybridized carbons (Fsp3) is 0.143. The van der Waals surface area contributed by atoms with E-state index in [0.717, 1.165) is 15.5 Å². The minimum absolute atomic E-state index is 0.789. The Morgan fingerprint density at radius 1 is 1.40 bits per heavy atom. The summed E-state index contributed by atoms with van der Waals surface area (Å²) < 4.78 is 0.956. The molecule has 1 aromatic carbocycles. The van der Waals surface area contributed by atoms with Crippen LogP contribution < -0.4 is 5.73 Å². The van der Waals surface area contributed by atoms with Gasteiger partial charge in [0, 0.05) is 15.5 Å². The van der Waals surface area contributed by atoms with Crippen molar-refractivity contribution in [3.8, 4) is 0 Å². The van der Waals surface area contributed by atoms with Crippen molar-refractivity contribution >= 4 is 37.5 Å². The first-order valence-electron chi connectivity index (χ1n) is 2.84. The molecule has 0 bridgehead atoms. The van der Waals surface area contributed by atoms with Gasteiger partial charge in [0.1, 0.15) is 0 Å². The van der Waals surface area contributed by atoms with Gasteiger partial charge in [-0.25, -0.2) is 0 Å². The van der Waals surface area contributed by atoms with Gasteiger partial charge in [-0.1, -0.05) is 22.0 Å². The molecule has 54 valence electrons. The highest BCUT2D eigenvalue weighted by Crippen LogP contribution is 2.21. The predicted molar refractivity (Wildman–Crippen MR) is 51.2 cm³/mol. The monoisotopic (exact) mass is 263 g/mol. The van der Waals surface area contributed by atoms with Crippen LogP contribution in [0.15, 0.2) is 22.7 Å². The van der Waals surface area contributed by atoms with E-state index in [0.29, 0.717) is 0 Å². The first kappa shape index (κ1) is 8.08. The molecule has 1 nitrogen and oxygen atoms in total. The highest BCUT2D eigenvalue weighted by atomic mass is 79.9. The van der Waals surface area contributed by atoms with Crippen LogP contribution in [0.25, 0.3) is 0 Å². The molecule has 0 heterocycles. The molecule has 0 saturated heterocycles. The zero-order valence-corrected chi connectivity index (χ0v) is 8.44. The Balaban J connectivity index is 3.04. The summed E-state index contributed by atoms with van der Waals surface area (Å²) >= 11 is 6.66. The third kappa shape index (κ3) is 1.73. The van der Waals surface area contributed by atoms with Crippen LogP contribution in [0.1, 0.15) is 5.56 Å². The SMILES string of the molecule is Nc1cc(CBr)ccc1Br. The molecule has 0 aliphatic carbocycles. The zero-order valence-electron chi connectivity index (χ0n) is 5.27. The highest BCUT2D eigenvalue weighted by Gasteiger charge is 1.94. The lowest BCUT2D eigenvalue weighted by Gasteiger charge is -1.99. The van der Waals surface area contributed by atoms with E-state index in [2.05, 4.69) is 31.9 Å². The predicted octanol–water partition coefficient (Wildman–Crippen LogP) is 2.93. The van der Waals surface area contributed by atoms with Gasteiger partial charge in [0.05, 0.1) is 0 Å². The Morgan fingerprint density at radius 3 is 2.60 bits per heavy atom. The maximum absolute atomic E-state index is 5.63. The summed E-state index contributed by atoms with van der Waals surface area (Å²) in [5.41, 5.74) is 7.61. The minimum atomic E-state index is 0.789. The number of nitrogens with two attached hydrogens (primary N) is 1. The largest absolute Gasteiger partial charge is 0.398 e. The summed E-state index contributed by atoms with van der Waals surface area (Å²) in [6.07, 6.45) is 0. The molecule has 0 radical (unpaired) electrons. The van der Waals surface area contributed by atoms with E-state index in [1.807, 2.05) is 18.2 Å². The maximum Gasteiger partial charge on any atom is 0.0461 e. The average molecular weight is 265 g/mol. The van der Waals surface area contributed by atoms with Crippen LogP contribution in [0.2, 0.25) is 0 Å². The van der Waals surface area contributed by atoms with Gasteiger partial charge in [0.25, 0.3) is 0 Å². The molecule has 3 heteroatoms. The van der Waals surface area contributed by atoms with Crippen LogP contribution in [0, 0.1) is 0 Å². The molecule has 1 aromatic rings. The van der Waals surface area contributed by atoms with E-state index in [-0.39, 0.29) is 0 Å². The summed E-state index contributed by atoms with van der Waals surface area (Å²) in [6.45, 7) is 0. The Hall–Kier alpha value is -0.0200. The summed E-state index contributed by atoms with van der Waals surface area (Å²) in [5.74, 6) is 0. The van der Waals surface area contributed by atoms with Gasteiger partial charge in [-0.3, -0.25) is 0 Å². The molecule has 0 aliphatic heterocycles. The number of benzene rings is 1. The van der Waals surface area contributed by atoms with Gasteiger partial charge < -0.3 is 5.73 Å². The van der Waals surface area contributed by atoms with Crippen molar-refractivity contribution in [1.29, 1.82) is 0 Å². The van der Waals surface area contributed by atoms with Crippen LogP contribution in [-0.2, 0) is 5.33 Å². The van der Waals surface area contributed by atoms with E-state index in [1.54, 1.807) is 0 Å². The highest BCUT2D eigenvalue weighted by molar-refractivity contribution is 9.10. The van der Waals surface area contributed by atoms with Crippen molar-refractivity contribution in [2.75, 3.05) is 5.73 Å². The van der Waals surface area contributed by atoms with Crippen LogP contribution in [0.5, 0.6) is 0 Å². The second-order valence-corrected chi connectivity index (χ2v) is 3.40. The van der Waals surface area contributed by atoms with E-state index in [1.165, 1.54) is 5.56 Å². The summed E-state index contributed by atoms with van der Waals surface area (Å²) in [5, 5.41) is 0.852. The molecule has 0 saturated carbocycles. The topological polar surface area (TPSA) is 26.0 Å². The van der Waals surface area contributed by atoms with Crippen LogP contribution in [0.3, 0.4) is 0 Å². The number of rotatable bonds is 1. The molecule has 0 atom stereocenters. The minimum Gasteiger partial charge on any atom is -0.398 e. The molecule has 0 amide bonds. The molecule has 0 aromatic heterocycles. The Labute approximate surface area is 76.9 Å². The molecule has 2 N–H and O–H groups in total. The fourth-order valence-electron chi connectivity index (χ4n) is 0.676. The lowest BCUT2D eigenvalue weighted by atomic mass is 10.2. The Morgan fingerprint density at radius 2 is 2.10 bits per heavy atom. The van der Waals surface area contributed by atoms with Gasteiger partial charge >= 0.3 is 0 Å². The smallest absolute Gasteiger partial charge is 0.0461 e. The number of alkyl halides is 1. The van der Waals surface area contributed by atoms with Crippen LogP contribution in [0.4, 0.5) is 5.69 Å². The number of hydrogen-bond acceptors (Lipinski definition) is 1. The fourth-order valence-corrected chi connectivity index (χ4v) is 1.27. The van der Waals surface area contributed by atoms with Crippen molar-refractivity contribution in [2.24, 2.45) is 0 Å². The normalized spacial score (nSPS) is 9.80. The number of nitrogen functional groups attached to an aromatic ring is 1. The van der Waals surface area contributed by atoms with Crippen molar-refractivity contribution in [3.05, 3.63) is 28.2 Å². The number of halogens is 2. The van der Waals surface area contributed by atoms with Crippen molar-refractivity contribution < 1.29 is 0 Å². The number of anilines is 1. The Bertz CT molecular complexity index is 235. The molecular formula is C7H7Br2N. The zero-order chi connectivity index (χ0) is 7.56. The van der Waals surface area contributed by atoms with Gasteiger partial charge in [-0.15, -0.1) is 0 Å². The van der Waals surface area contributed by atoms with E-state index in [9.17, 15) is 0 Å². The Kier molecular flexibility index (Phi) is 2.74.